The summed E-state index contributed by atoms with van der Waals surface area (Å²) in [4.78, 5) is 0.275. The molecule has 3 rings (SSSR count). The summed E-state index contributed by atoms with van der Waals surface area (Å²) in [5.41, 5.74) is 7.71. The molecule has 7 heteroatoms. The summed E-state index contributed by atoms with van der Waals surface area (Å²) >= 11 is 3.40. The third-order valence-corrected chi connectivity index (χ3v) is 6.13. The number of rotatable bonds is 6. The van der Waals surface area contributed by atoms with Crippen molar-refractivity contribution in [3.8, 4) is 11.1 Å². The minimum Gasteiger partial charge on any atom is -0.329 e. The molecule has 1 saturated carbocycles. The van der Waals surface area contributed by atoms with Crippen LogP contribution in [0, 0.1) is 5.92 Å². The average Bonchev–Trinajstić information content (AvgIpc) is 3.38. The van der Waals surface area contributed by atoms with Crippen molar-refractivity contribution < 1.29 is 8.42 Å². The zero-order chi connectivity index (χ0) is 16.4. The predicted octanol–water partition coefficient (Wildman–Crippen LogP) is 3.55. The van der Waals surface area contributed by atoms with Gasteiger partial charge in [0, 0.05) is 17.1 Å². The summed E-state index contributed by atoms with van der Waals surface area (Å²) < 4.78 is 28.6. The van der Waals surface area contributed by atoms with Gasteiger partial charge < -0.3 is 5.73 Å². The summed E-state index contributed by atoms with van der Waals surface area (Å²) in [7, 11) is -3.52. The Labute approximate surface area is 157 Å². The van der Waals surface area contributed by atoms with E-state index in [1.165, 1.54) is 0 Å². The number of nitrogens with one attached hydrogen (secondary N) is 1. The molecule has 0 radical (unpaired) electrons. The molecule has 130 valence electrons. The molecule has 0 aliphatic heterocycles. The lowest BCUT2D eigenvalue weighted by Gasteiger charge is -2.16. The van der Waals surface area contributed by atoms with Crippen molar-refractivity contribution in [1.29, 1.82) is 0 Å². The van der Waals surface area contributed by atoms with Crippen molar-refractivity contribution >= 4 is 38.4 Å². The fourth-order valence-electron chi connectivity index (χ4n) is 2.57. The molecule has 2 aromatic carbocycles. The van der Waals surface area contributed by atoms with Crippen LogP contribution >= 0.6 is 28.3 Å². The Morgan fingerprint density at radius 3 is 2.00 bits per heavy atom. The highest BCUT2D eigenvalue weighted by molar-refractivity contribution is 9.10. The Bertz CT molecular complexity index is 775. The van der Waals surface area contributed by atoms with Gasteiger partial charge in [-0.1, -0.05) is 40.2 Å². The Morgan fingerprint density at radius 1 is 1.04 bits per heavy atom. The molecule has 1 aliphatic rings. The zero-order valence-electron chi connectivity index (χ0n) is 13.0. The monoisotopic (exact) mass is 430 g/mol. The second kappa shape index (κ2) is 7.97. The molecule has 0 aromatic heterocycles. The first-order chi connectivity index (χ1) is 11.0. The van der Waals surface area contributed by atoms with E-state index in [4.69, 9.17) is 5.73 Å². The molecule has 0 spiro atoms. The van der Waals surface area contributed by atoms with E-state index in [-0.39, 0.29) is 23.3 Å². The summed E-state index contributed by atoms with van der Waals surface area (Å²) in [6, 6.07) is 14.7. The van der Waals surface area contributed by atoms with Gasteiger partial charge in [0.15, 0.2) is 0 Å². The summed E-state index contributed by atoms with van der Waals surface area (Å²) in [6.07, 6.45) is 2.10. The fraction of sp³-hybridized carbons (Fsp3) is 0.294. The fourth-order valence-corrected chi connectivity index (χ4v) is 4.15. The van der Waals surface area contributed by atoms with E-state index in [0.717, 1.165) is 28.4 Å². The van der Waals surface area contributed by atoms with Crippen LogP contribution in [-0.4, -0.2) is 21.0 Å². The van der Waals surface area contributed by atoms with Gasteiger partial charge in [0.25, 0.3) is 0 Å². The SMILES string of the molecule is Cl.NCC(NS(=O)(=O)c1ccc(-c2ccc(Br)cc2)cc1)C1CC1. The van der Waals surface area contributed by atoms with E-state index in [2.05, 4.69) is 20.7 Å². The first-order valence-electron chi connectivity index (χ1n) is 7.58. The Kier molecular flexibility index (Phi) is 6.45. The van der Waals surface area contributed by atoms with Crippen molar-refractivity contribution in [1.82, 2.24) is 4.72 Å². The zero-order valence-corrected chi connectivity index (χ0v) is 16.2. The molecule has 1 unspecified atom stereocenters. The van der Waals surface area contributed by atoms with Crippen LogP contribution in [0.1, 0.15) is 12.8 Å². The highest BCUT2D eigenvalue weighted by atomic mass is 79.9. The van der Waals surface area contributed by atoms with Gasteiger partial charge in [-0.2, -0.15) is 0 Å². The normalized spacial score (nSPS) is 15.6. The lowest BCUT2D eigenvalue weighted by atomic mass is 10.1. The predicted molar refractivity (Wildman–Crippen MR) is 103 cm³/mol. The van der Waals surface area contributed by atoms with Gasteiger partial charge in [0.2, 0.25) is 10.0 Å². The highest BCUT2D eigenvalue weighted by Gasteiger charge is 2.33. The van der Waals surface area contributed by atoms with E-state index in [1.54, 1.807) is 12.1 Å². The van der Waals surface area contributed by atoms with E-state index in [9.17, 15) is 8.42 Å². The third-order valence-electron chi connectivity index (χ3n) is 4.09. The molecule has 4 nitrogen and oxygen atoms in total. The Morgan fingerprint density at radius 2 is 1.54 bits per heavy atom. The van der Waals surface area contributed by atoms with Gasteiger partial charge in [-0.3, -0.25) is 0 Å². The maximum absolute atomic E-state index is 12.5. The average molecular weight is 432 g/mol. The smallest absolute Gasteiger partial charge is 0.240 e. The van der Waals surface area contributed by atoms with E-state index in [0.29, 0.717) is 12.5 Å². The third kappa shape index (κ3) is 4.58. The number of nitrogens with two attached hydrogens (primary N) is 1. The van der Waals surface area contributed by atoms with Crippen LogP contribution in [-0.2, 0) is 10.0 Å². The van der Waals surface area contributed by atoms with E-state index >= 15 is 0 Å². The lowest BCUT2D eigenvalue weighted by Crippen LogP contribution is -2.41. The molecular formula is C17H20BrClN2O2S. The summed E-state index contributed by atoms with van der Waals surface area (Å²) in [5, 5.41) is 0. The molecule has 1 fully saturated rings. The molecule has 0 saturated heterocycles. The molecule has 1 aliphatic carbocycles. The second-order valence-electron chi connectivity index (χ2n) is 5.83. The number of hydrogen-bond acceptors (Lipinski definition) is 3. The van der Waals surface area contributed by atoms with Crippen LogP contribution in [0.25, 0.3) is 11.1 Å². The molecule has 24 heavy (non-hydrogen) atoms. The van der Waals surface area contributed by atoms with Crippen LogP contribution < -0.4 is 10.5 Å². The van der Waals surface area contributed by atoms with Crippen molar-refractivity contribution in [3.05, 3.63) is 53.0 Å². The van der Waals surface area contributed by atoms with Crippen molar-refractivity contribution in [2.75, 3.05) is 6.54 Å². The molecule has 3 N–H and O–H groups in total. The van der Waals surface area contributed by atoms with E-state index in [1.807, 2.05) is 36.4 Å². The minimum atomic E-state index is -3.52. The summed E-state index contributed by atoms with van der Waals surface area (Å²) in [5.74, 6) is 0.386. The number of sulfonamides is 1. The Balaban J connectivity index is 0.00000208. The number of hydrogen-bond donors (Lipinski definition) is 2. The van der Waals surface area contributed by atoms with Crippen LogP contribution in [0.3, 0.4) is 0 Å². The number of benzene rings is 2. The molecule has 1 atom stereocenters. The van der Waals surface area contributed by atoms with Crippen LogP contribution in [0.5, 0.6) is 0 Å². The first-order valence-corrected chi connectivity index (χ1v) is 9.85. The molecule has 0 amide bonds. The second-order valence-corrected chi connectivity index (χ2v) is 8.46. The maximum Gasteiger partial charge on any atom is 0.240 e. The van der Waals surface area contributed by atoms with Gasteiger partial charge in [-0.05, 0) is 54.2 Å². The summed E-state index contributed by atoms with van der Waals surface area (Å²) in [6.45, 7) is 0.334. The lowest BCUT2D eigenvalue weighted by molar-refractivity contribution is 0.519. The molecule has 2 aromatic rings. The van der Waals surface area contributed by atoms with Crippen molar-refractivity contribution in [3.63, 3.8) is 0 Å². The van der Waals surface area contributed by atoms with Gasteiger partial charge in [-0.25, -0.2) is 13.1 Å². The van der Waals surface area contributed by atoms with Gasteiger partial charge in [-0.15, -0.1) is 12.4 Å². The van der Waals surface area contributed by atoms with Crippen molar-refractivity contribution in [2.24, 2.45) is 11.7 Å². The van der Waals surface area contributed by atoms with Gasteiger partial charge in [0.05, 0.1) is 4.90 Å². The van der Waals surface area contributed by atoms with Crippen LogP contribution in [0.4, 0.5) is 0 Å². The quantitative estimate of drug-likeness (QED) is 0.734. The highest BCUT2D eigenvalue weighted by Crippen LogP contribution is 2.33. The van der Waals surface area contributed by atoms with Crippen LogP contribution in [0.15, 0.2) is 57.9 Å². The minimum absolute atomic E-state index is 0. The molecule has 0 heterocycles. The molecule has 0 bridgehead atoms. The maximum atomic E-state index is 12.5. The van der Waals surface area contributed by atoms with Gasteiger partial charge >= 0.3 is 0 Å². The van der Waals surface area contributed by atoms with Crippen molar-refractivity contribution in [2.45, 2.75) is 23.8 Å². The topological polar surface area (TPSA) is 72.2 Å². The standard InChI is InChI=1S/C17H19BrN2O2S.ClH/c18-15-7-3-12(4-8-15)13-5-9-16(10-6-13)23(21,22)20-17(11-19)14-1-2-14;/h3-10,14,17,20H,1-2,11,19H2;1H. The number of halogens is 2. The largest absolute Gasteiger partial charge is 0.329 e. The Hall–Kier alpha value is -0.920. The molecular weight excluding hydrogens is 412 g/mol. The van der Waals surface area contributed by atoms with E-state index < -0.39 is 10.0 Å². The first kappa shape index (κ1) is 19.4. The van der Waals surface area contributed by atoms with Crippen LogP contribution in [0.2, 0.25) is 0 Å². The van der Waals surface area contributed by atoms with Gasteiger partial charge in [0.1, 0.15) is 0 Å².